The maximum absolute atomic E-state index is 12.5. The van der Waals surface area contributed by atoms with Gasteiger partial charge in [0, 0.05) is 5.56 Å². The molecule has 0 heterocycles. The first kappa shape index (κ1) is 19.3. The van der Waals surface area contributed by atoms with E-state index < -0.39 is 16.8 Å². The van der Waals surface area contributed by atoms with Crippen LogP contribution in [0.3, 0.4) is 0 Å². The first-order valence-electron chi connectivity index (χ1n) is 7.61. The number of hydrogen-bond donors (Lipinski definition) is 0. The Morgan fingerprint density at radius 3 is 2.28 bits per heavy atom. The minimum absolute atomic E-state index is 0.0577. The molecular formula is C19H18Cl2O4. The molecule has 0 spiro atoms. The molecule has 0 N–H and O–H groups in total. The van der Waals surface area contributed by atoms with Crippen molar-refractivity contribution in [3.8, 4) is 5.75 Å². The lowest BCUT2D eigenvalue weighted by Gasteiger charge is -2.21. The molecule has 0 saturated heterocycles. The minimum Gasteiger partial charge on any atom is -0.486 e. The molecule has 0 bridgehead atoms. The molecule has 0 aromatic heterocycles. The number of carbonyl (C=O) groups is 2. The number of esters is 1. The van der Waals surface area contributed by atoms with Crippen LogP contribution in [0.1, 0.15) is 47.1 Å². The summed E-state index contributed by atoms with van der Waals surface area (Å²) in [4.78, 5) is 24.0. The fraction of sp³-hybridized carbons (Fsp3) is 0.263. The van der Waals surface area contributed by atoms with E-state index in [1.807, 2.05) is 30.3 Å². The average molecular weight is 381 g/mol. The van der Waals surface area contributed by atoms with Gasteiger partial charge in [-0.25, -0.2) is 4.79 Å². The van der Waals surface area contributed by atoms with E-state index in [-0.39, 0.29) is 28.5 Å². The molecule has 0 aliphatic rings. The van der Waals surface area contributed by atoms with Gasteiger partial charge in [-0.1, -0.05) is 41.9 Å². The maximum atomic E-state index is 12.5. The number of carbonyl (C=O) groups excluding carboxylic acids is 2. The standard InChI is InChI=1S/C19H18Cl2O4/c1-19(2,3)25-18(23)14-9-13(17(21)22)10-15(20)16(14)24-11-12-7-5-4-6-8-12/h4-10H,11H2,1-3H3. The molecule has 0 saturated carbocycles. The van der Waals surface area contributed by atoms with Crippen molar-refractivity contribution in [1.82, 2.24) is 0 Å². The predicted molar refractivity (Wildman–Crippen MR) is 97.6 cm³/mol. The Morgan fingerprint density at radius 2 is 1.72 bits per heavy atom. The lowest BCUT2D eigenvalue weighted by atomic mass is 10.1. The fourth-order valence-electron chi connectivity index (χ4n) is 2.07. The van der Waals surface area contributed by atoms with Gasteiger partial charge in [0.05, 0.1) is 5.02 Å². The summed E-state index contributed by atoms with van der Waals surface area (Å²) in [5, 5.41) is -0.607. The van der Waals surface area contributed by atoms with Gasteiger partial charge < -0.3 is 9.47 Å². The molecule has 2 aromatic carbocycles. The van der Waals surface area contributed by atoms with Crippen LogP contribution in [-0.4, -0.2) is 16.8 Å². The number of halogens is 2. The lowest BCUT2D eigenvalue weighted by molar-refractivity contribution is 0.00654. The van der Waals surface area contributed by atoms with Crippen molar-refractivity contribution in [3.63, 3.8) is 0 Å². The zero-order valence-corrected chi connectivity index (χ0v) is 15.6. The van der Waals surface area contributed by atoms with E-state index in [1.54, 1.807) is 20.8 Å². The summed E-state index contributed by atoms with van der Waals surface area (Å²) in [6, 6.07) is 12.1. The van der Waals surface area contributed by atoms with E-state index in [4.69, 9.17) is 32.7 Å². The molecule has 0 unspecified atom stereocenters. The van der Waals surface area contributed by atoms with Crippen LogP contribution in [0, 0.1) is 0 Å². The van der Waals surface area contributed by atoms with Crippen LogP contribution in [0.15, 0.2) is 42.5 Å². The second-order valence-corrected chi connectivity index (χ2v) is 7.14. The summed E-state index contributed by atoms with van der Waals surface area (Å²) in [5.74, 6) is -0.487. The zero-order valence-electron chi connectivity index (χ0n) is 14.1. The number of ether oxygens (including phenoxy) is 2. The predicted octanol–water partition coefficient (Wildman–Crippen LogP) is 5.25. The molecular weight excluding hydrogens is 363 g/mol. The topological polar surface area (TPSA) is 52.6 Å². The quantitative estimate of drug-likeness (QED) is 0.524. The molecule has 0 fully saturated rings. The van der Waals surface area contributed by atoms with Gasteiger partial charge in [0.15, 0.2) is 5.75 Å². The molecule has 0 aliphatic heterocycles. The number of benzene rings is 2. The Kier molecular flexibility index (Phi) is 6.09. The van der Waals surface area contributed by atoms with Crippen molar-refractivity contribution in [1.29, 1.82) is 0 Å². The summed E-state index contributed by atoms with van der Waals surface area (Å²) in [6.45, 7) is 5.44. The monoisotopic (exact) mass is 380 g/mol. The van der Waals surface area contributed by atoms with Crippen LogP contribution >= 0.6 is 23.2 Å². The van der Waals surface area contributed by atoms with E-state index in [9.17, 15) is 9.59 Å². The number of hydrogen-bond acceptors (Lipinski definition) is 4. The SMILES string of the molecule is CC(C)(C)OC(=O)c1cc(C(=O)Cl)cc(Cl)c1OCc1ccccc1. The van der Waals surface area contributed by atoms with Gasteiger partial charge in [0.1, 0.15) is 17.8 Å². The molecule has 2 rings (SSSR count). The van der Waals surface area contributed by atoms with Crippen LogP contribution in [0.4, 0.5) is 0 Å². The molecule has 0 radical (unpaired) electrons. The Hall–Kier alpha value is -2.04. The number of rotatable bonds is 5. The summed E-state index contributed by atoms with van der Waals surface area (Å²) in [6.07, 6.45) is 0. The van der Waals surface area contributed by atoms with E-state index >= 15 is 0 Å². The van der Waals surface area contributed by atoms with Crippen LogP contribution in [-0.2, 0) is 11.3 Å². The van der Waals surface area contributed by atoms with Gasteiger partial charge in [0.2, 0.25) is 0 Å². The van der Waals surface area contributed by atoms with Crippen molar-refractivity contribution in [3.05, 3.63) is 64.2 Å². The zero-order chi connectivity index (χ0) is 18.6. The molecule has 2 aromatic rings. The summed E-state index contributed by atoms with van der Waals surface area (Å²) >= 11 is 11.7. The Bertz CT molecular complexity index is 780. The Balaban J connectivity index is 2.39. The van der Waals surface area contributed by atoms with Gasteiger partial charge in [0.25, 0.3) is 5.24 Å². The third kappa shape index (κ3) is 5.48. The van der Waals surface area contributed by atoms with E-state index in [2.05, 4.69) is 0 Å². The summed E-state index contributed by atoms with van der Waals surface area (Å²) in [7, 11) is 0. The van der Waals surface area contributed by atoms with Gasteiger partial charge in [-0.15, -0.1) is 0 Å². The van der Waals surface area contributed by atoms with Crippen molar-refractivity contribution in [2.24, 2.45) is 0 Å². The second-order valence-electron chi connectivity index (χ2n) is 6.38. The maximum Gasteiger partial charge on any atom is 0.342 e. The highest BCUT2D eigenvalue weighted by molar-refractivity contribution is 6.67. The van der Waals surface area contributed by atoms with Gasteiger partial charge >= 0.3 is 5.97 Å². The van der Waals surface area contributed by atoms with Crippen molar-refractivity contribution >= 4 is 34.4 Å². The fourth-order valence-corrected chi connectivity index (χ4v) is 2.45. The molecule has 25 heavy (non-hydrogen) atoms. The van der Waals surface area contributed by atoms with Crippen LogP contribution in [0.2, 0.25) is 5.02 Å². The molecule has 0 amide bonds. The molecule has 0 atom stereocenters. The van der Waals surface area contributed by atoms with Gasteiger partial charge in [-0.2, -0.15) is 0 Å². The Morgan fingerprint density at radius 1 is 1.08 bits per heavy atom. The highest BCUT2D eigenvalue weighted by Gasteiger charge is 2.24. The van der Waals surface area contributed by atoms with Gasteiger partial charge in [-0.3, -0.25) is 4.79 Å². The van der Waals surface area contributed by atoms with Crippen LogP contribution < -0.4 is 4.74 Å². The third-order valence-corrected chi connectivity index (χ3v) is 3.61. The molecule has 132 valence electrons. The highest BCUT2D eigenvalue weighted by atomic mass is 35.5. The lowest BCUT2D eigenvalue weighted by Crippen LogP contribution is -2.24. The second kappa shape index (κ2) is 7.89. The largest absolute Gasteiger partial charge is 0.486 e. The average Bonchev–Trinajstić information content (AvgIpc) is 2.52. The van der Waals surface area contributed by atoms with E-state index in [1.165, 1.54) is 12.1 Å². The molecule has 6 heteroatoms. The molecule has 4 nitrogen and oxygen atoms in total. The first-order chi connectivity index (χ1) is 11.7. The summed E-state index contributed by atoms with van der Waals surface area (Å²) < 4.78 is 11.1. The smallest absolute Gasteiger partial charge is 0.342 e. The summed E-state index contributed by atoms with van der Waals surface area (Å²) in [5.41, 5.74) is 0.356. The Labute approximate surface area is 156 Å². The van der Waals surface area contributed by atoms with Crippen LogP contribution in [0.25, 0.3) is 0 Å². The van der Waals surface area contributed by atoms with E-state index in [0.717, 1.165) is 5.56 Å². The van der Waals surface area contributed by atoms with Crippen molar-refractivity contribution in [2.75, 3.05) is 0 Å². The van der Waals surface area contributed by atoms with Gasteiger partial charge in [-0.05, 0) is 50.1 Å². The van der Waals surface area contributed by atoms with Crippen molar-refractivity contribution < 1.29 is 19.1 Å². The third-order valence-electron chi connectivity index (χ3n) is 3.12. The van der Waals surface area contributed by atoms with E-state index in [0.29, 0.717) is 0 Å². The normalized spacial score (nSPS) is 11.1. The molecule has 0 aliphatic carbocycles. The first-order valence-corrected chi connectivity index (χ1v) is 8.36. The van der Waals surface area contributed by atoms with Crippen molar-refractivity contribution in [2.45, 2.75) is 33.0 Å². The van der Waals surface area contributed by atoms with Crippen LogP contribution in [0.5, 0.6) is 5.75 Å². The minimum atomic E-state index is -0.721. The highest BCUT2D eigenvalue weighted by Crippen LogP contribution is 2.33.